The number of nitrogens with zero attached hydrogens (tertiary/aromatic N) is 3. The zero-order chi connectivity index (χ0) is 15.1. The first-order valence-corrected chi connectivity index (χ1v) is 8.66. The van der Waals surface area contributed by atoms with Crippen LogP contribution in [-0.4, -0.2) is 29.1 Å². The summed E-state index contributed by atoms with van der Waals surface area (Å²) in [5.74, 6) is 3.05. The van der Waals surface area contributed by atoms with Gasteiger partial charge in [0, 0.05) is 31.6 Å². The van der Waals surface area contributed by atoms with Gasteiger partial charge in [-0.15, -0.1) is 0 Å². The lowest BCUT2D eigenvalue weighted by molar-refractivity contribution is 0.551. The van der Waals surface area contributed by atoms with E-state index in [4.69, 9.17) is 4.98 Å². The molecule has 1 aliphatic rings. The fourth-order valence-electron chi connectivity index (χ4n) is 3.04. The van der Waals surface area contributed by atoms with Crippen LogP contribution in [-0.2, 0) is 6.42 Å². The minimum atomic E-state index is 0.631. The molecule has 21 heavy (non-hydrogen) atoms. The van der Waals surface area contributed by atoms with E-state index in [1.807, 2.05) is 0 Å². The van der Waals surface area contributed by atoms with Crippen molar-refractivity contribution in [3.63, 3.8) is 0 Å². The molecule has 1 fully saturated rings. The van der Waals surface area contributed by atoms with E-state index in [1.54, 1.807) is 0 Å². The third-order valence-corrected chi connectivity index (χ3v) is 4.27. The van der Waals surface area contributed by atoms with E-state index in [9.17, 15) is 0 Å². The summed E-state index contributed by atoms with van der Waals surface area (Å²) in [6, 6.07) is 2.77. The summed E-state index contributed by atoms with van der Waals surface area (Å²) in [5, 5.41) is 3.42. The monoisotopic (exact) mass is 290 g/mol. The van der Waals surface area contributed by atoms with Gasteiger partial charge in [-0.05, 0) is 25.7 Å². The summed E-state index contributed by atoms with van der Waals surface area (Å²) in [6.07, 6.45) is 8.46. The van der Waals surface area contributed by atoms with Gasteiger partial charge in [-0.25, -0.2) is 9.97 Å². The first kappa shape index (κ1) is 16.1. The van der Waals surface area contributed by atoms with Crippen LogP contribution in [0.1, 0.15) is 65.1 Å². The summed E-state index contributed by atoms with van der Waals surface area (Å²) in [4.78, 5) is 11.9. The molecule has 2 heterocycles. The molecule has 0 radical (unpaired) electrons. The molecule has 1 aliphatic heterocycles. The Balaban J connectivity index is 2.26. The molecule has 2 rings (SSSR count). The average Bonchev–Trinajstić information content (AvgIpc) is 2.77. The minimum absolute atomic E-state index is 0.631. The molecular weight excluding hydrogens is 260 g/mol. The molecule has 1 atom stereocenters. The van der Waals surface area contributed by atoms with E-state index in [-0.39, 0.29) is 0 Å². The summed E-state index contributed by atoms with van der Waals surface area (Å²) in [7, 11) is 0. The number of nitrogens with one attached hydrogen (secondary N) is 1. The maximum atomic E-state index is 4.80. The zero-order valence-electron chi connectivity index (χ0n) is 13.9. The molecule has 1 aromatic rings. The Morgan fingerprint density at radius 2 is 2.05 bits per heavy atom. The molecule has 1 unspecified atom stereocenters. The summed E-state index contributed by atoms with van der Waals surface area (Å²) in [6.45, 7) is 8.70. The van der Waals surface area contributed by atoms with E-state index in [2.05, 4.69) is 42.0 Å². The van der Waals surface area contributed by atoms with Crippen LogP contribution in [0, 0.1) is 0 Å². The Morgan fingerprint density at radius 3 is 2.76 bits per heavy atom. The molecule has 1 N–H and O–H groups in total. The Hall–Kier alpha value is -1.32. The number of hydrogen-bond donors (Lipinski definition) is 1. The van der Waals surface area contributed by atoms with Crippen LogP contribution in [0.4, 0.5) is 11.6 Å². The lowest BCUT2D eigenvalue weighted by Crippen LogP contribution is -2.35. The van der Waals surface area contributed by atoms with Crippen LogP contribution in [0.2, 0.25) is 0 Å². The van der Waals surface area contributed by atoms with Crippen LogP contribution >= 0.6 is 0 Å². The van der Waals surface area contributed by atoms with Gasteiger partial charge < -0.3 is 10.2 Å². The van der Waals surface area contributed by atoms with Gasteiger partial charge in [0.1, 0.15) is 17.5 Å². The van der Waals surface area contributed by atoms with E-state index in [1.165, 1.54) is 32.1 Å². The summed E-state index contributed by atoms with van der Waals surface area (Å²) in [5.41, 5.74) is 0. The Labute approximate surface area is 129 Å². The predicted octanol–water partition coefficient (Wildman–Crippen LogP) is 4.02. The number of hydrogen-bond acceptors (Lipinski definition) is 4. The molecule has 0 aliphatic carbocycles. The third-order valence-electron chi connectivity index (χ3n) is 4.27. The molecule has 0 spiro atoms. The Kier molecular flexibility index (Phi) is 6.27. The fraction of sp³-hybridized carbons (Fsp3) is 0.765. The maximum absolute atomic E-state index is 4.80. The van der Waals surface area contributed by atoms with Crippen molar-refractivity contribution in [1.29, 1.82) is 0 Å². The van der Waals surface area contributed by atoms with Crippen molar-refractivity contribution in [2.75, 3.05) is 23.3 Å². The van der Waals surface area contributed by atoms with Crippen molar-refractivity contribution < 1.29 is 0 Å². The van der Waals surface area contributed by atoms with E-state index in [0.717, 1.165) is 43.4 Å². The second-order valence-corrected chi connectivity index (χ2v) is 5.91. The first-order chi connectivity index (χ1) is 10.3. The lowest BCUT2D eigenvalue weighted by atomic mass is 10.1. The van der Waals surface area contributed by atoms with Gasteiger partial charge in [-0.3, -0.25) is 0 Å². The maximum Gasteiger partial charge on any atom is 0.134 e. The molecule has 0 aromatic carbocycles. The zero-order valence-corrected chi connectivity index (χ0v) is 13.9. The first-order valence-electron chi connectivity index (χ1n) is 8.66. The largest absolute Gasteiger partial charge is 0.370 e. The topological polar surface area (TPSA) is 41.0 Å². The quantitative estimate of drug-likeness (QED) is 0.859. The lowest BCUT2D eigenvalue weighted by Gasteiger charge is -2.30. The predicted molar refractivity (Wildman–Crippen MR) is 90.1 cm³/mol. The Bertz CT molecular complexity index is 433. The van der Waals surface area contributed by atoms with Gasteiger partial charge >= 0.3 is 0 Å². The van der Waals surface area contributed by atoms with Crippen molar-refractivity contribution in [3.8, 4) is 0 Å². The molecular formula is C17H30N4. The van der Waals surface area contributed by atoms with Gasteiger partial charge in [-0.2, -0.15) is 0 Å². The van der Waals surface area contributed by atoms with Gasteiger partial charge in [0.15, 0.2) is 0 Å². The molecule has 1 saturated heterocycles. The van der Waals surface area contributed by atoms with Gasteiger partial charge in [0.05, 0.1) is 0 Å². The second-order valence-electron chi connectivity index (χ2n) is 5.91. The molecule has 118 valence electrons. The minimum Gasteiger partial charge on any atom is -0.370 e. The van der Waals surface area contributed by atoms with Crippen LogP contribution in [0.25, 0.3) is 0 Å². The van der Waals surface area contributed by atoms with Crippen molar-refractivity contribution in [3.05, 3.63) is 11.9 Å². The van der Waals surface area contributed by atoms with E-state index in [0.29, 0.717) is 6.04 Å². The standard InChI is InChI=1S/C17H30N4/c1-4-11-18-16-13-17(20-15(6-3)19-16)21-12-9-7-8-10-14(21)5-2/h13-14H,4-12H2,1-3H3,(H,18,19,20). The second kappa shape index (κ2) is 8.20. The molecule has 1 aromatic heterocycles. The van der Waals surface area contributed by atoms with E-state index >= 15 is 0 Å². The number of rotatable bonds is 6. The van der Waals surface area contributed by atoms with E-state index < -0.39 is 0 Å². The van der Waals surface area contributed by atoms with Gasteiger partial charge in [0.25, 0.3) is 0 Å². The smallest absolute Gasteiger partial charge is 0.134 e. The molecule has 0 saturated carbocycles. The fourth-order valence-corrected chi connectivity index (χ4v) is 3.04. The molecule has 0 bridgehead atoms. The van der Waals surface area contributed by atoms with Crippen LogP contribution < -0.4 is 10.2 Å². The SMILES string of the molecule is CCCNc1cc(N2CCCCCC2CC)nc(CC)n1. The van der Waals surface area contributed by atoms with Crippen LogP contribution in [0.15, 0.2) is 6.07 Å². The van der Waals surface area contributed by atoms with Crippen molar-refractivity contribution in [2.45, 2.75) is 71.8 Å². The van der Waals surface area contributed by atoms with Crippen LogP contribution in [0.3, 0.4) is 0 Å². The highest BCUT2D eigenvalue weighted by Crippen LogP contribution is 2.26. The molecule has 0 amide bonds. The number of aryl methyl sites for hydroxylation is 1. The highest BCUT2D eigenvalue weighted by atomic mass is 15.2. The van der Waals surface area contributed by atoms with Gasteiger partial charge in [0.2, 0.25) is 0 Å². The molecule has 4 nitrogen and oxygen atoms in total. The van der Waals surface area contributed by atoms with Crippen molar-refractivity contribution >= 4 is 11.6 Å². The number of aromatic nitrogens is 2. The highest BCUT2D eigenvalue weighted by Gasteiger charge is 2.21. The van der Waals surface area contributed by atoms with Crippen molar-refractivity contribution in [2.24, 2.45) is 0 Å². The normalized spacial score (nSPS) is 19.4. The van der Waals surface area contributed by atoms with Gasteiger partial charge in [-0.1, -0.05) is 33.6 Å². The molecule has 4 heteroatoms. The highest BCUT2D eigenvalue weighted by molar-refractivity contribution is 5.50. The number of anilines is 2. The average molecular weight is 290 g/mol. The summed E-state index contributed by atoms with van der Waals surface area (Å²) >= 11 is 0. The van der Waals surface area contributed by atoms with Crippen LogP contribution in [0.5, 0.6) is 0 Å². The van der Waals surface area contributed by atoms with Crippen molar-refractivity contribution in [1.82, 2.24) is 9.97 Å². The summed E-state index contributed by atoms with van der Waals surface area (Å²) < 4.78 is 0. The third kappa shape index (κ3) is 4.32. The Morgan fingerprint density at radius 1 is 1.19 bits per heavy atom.